The first-order valence-electron chi connectivity index (χ1n) is 7.42. The molecule has 1 aromatic carbocycles. The van der Waals surface area contributed by atoms with Gasteiger partial charge in [0.15, 0.2) is 17.3 Å². The van der Waals surface area contributed by atoms with Crippen LogP contribution < -0.4 is 10.1 Å². The molecular formula is C16H14FN5O4. The number of nitro groups is 1. The van der Waals surface area contributed by atoms with Gasteiger partial charge in [0.1, 0.15) is 5.52 Å². The number of hydrogen-bond acceptors (Lipinski definition) is 5. The average Bonchev–Trinajstić information content (AvgIpc) is 3.05. The summed E-state index contributed by atoms with van der Waals surface area (Å²) in [5, 5.41) is 17.4. The van der Waals surface area contributed by atoms with E-state index in [-0.39, 0.29) is 23.2 Å². The highest BCUT2D eigenvalue weighted by Gasteiger charge is 2.15. The molecule has 10 heteroatoms. The highest BCUT2D eigenvalue weighted by atomic mass is 19.1. The van der Waals surface area contributed by atoms with Crippen molar-refractivity contribution in [2.45, 2.75) is 0 Å². The lowest BCUT2D eigenvalue weighted by Gasteiger charge is -2.14. The number of pyridine rings is 1. The van der Waals surface area contributed by atoms with Crippen LogP contribution in [0.2, 0.25) is 0 Å². The number of aromatic nitrogens is 2. The number of carbonyl (C=O) groups is 1. The first kappa shape index (κ1) is 17.1. The topological polar surface area (TPSA) is 102 Å². The summed E-state index contributed by atoms with van der Waals surface area (Å²) in [4.78, 5) is 23.2. The number of nitrogens with zero attached hydrogens (tertiary/aromatic N) is 4. The maximum Gasteiger partial charge on any atom is 0.321 e. The molecule has 0 fully saturated rings. The van der Waals surface area contributed by atoms with Crippen LogP contribution in [0, 0.1) is 15.9 Å². The van der Waals surface area contributed by atoms with Crippen molar-refractivity contribution in [3.05, 3.63) is 58.7 Å². The van der Waals surface area contributed by atoms with E-state index in [1.807, 2.05) is 0 Å². The molecule has 2 aromatic heterocycles. The van der Waals surface area contributed by atoms with E-state index in [0.717, 1.165) is 12.1 Å². The molecule has 2 amide bonds. The highest BCUT2D eigenvalue weighted by molar-refractivity contribution is 5.89. The number of ether oxygens (including phenoxy) is 1. The number of fused-ring (bicyclic) bond motifs is 1. The third kappa shape index (κ3) is 3.38. The smallest absolute Gasteiger partial charge is 0.321 e. The van der Waals surface area contributed by atoms with Crippen LogP contribution in [-0.2, 0) is 0 Å². The van der Waals surface area contributed by atoms with Gasteiger partial charge in [-0.3, -0.25) is 10.1 Å². The van der Waals surface area contributed by atoms with E-state index in [9.17, 15) is 19.3 Å². The molecule has 3 aromatic rings. The van der Waals surface area contributed by atoms with Gasteiger partial charge in [0.05, 0.1) is 29.1 Å². The molecule has 0 saturated carbocycles. The number of urea groups is 1. The zero-order chi connectivity index (χ0) is 18.8. The van der Waals surface area contributed by atoms with Crippen molar-refractivity contribution in [1.29, 1.82) is 0 Å². The van der Waals surface area contributed by atoms with E-state index in [1.165, 1.54) is 27.7 Å². The van der Waals surface area contributed by atoms with Crippen LogP contribution in [0.3, 0.4) is 0 Å². The van der Waals surface area contributed by atoms with Gasteiger partial charge in [-0.05, 0) is 12.1 Å². The van der Waals surface area contributed by atoms with Gasteiger partial charge in [-0.2, -0.15) is 5.10 Å². The second-order valence-electron chi connectivity index (χ2n) is 5.55. The fourth-order valence-electron chi connectivity index (χ4n) is 2.19. The third-order valence-corrected chi connectivity index (χ3v) is 3.47. The van der Waals surface area contributed by atoms with Crippen LogP contribution in [0.15, 0.2) is 42.7 Å². The first-order valence-corrected chi connectivity index (χ1v) is 7.42. The normalized spacial score (nSPS) is 10.6. The van der Waals surface area contributed by atoms with Crippen LogP contribution in [0.5, 0.6) is 11.5 Å². The highest BCUT2D eigenvalue weighted by Crippen LogP contribution is 2.32. The average molecular weight is 359 g/mol. The predicted molar refractivity (Wildman–Crippen MR) is 91.0 cm³/mol. The number of amides is 2. The predicted octanol–water partition coefficient (Wildman–Crippen LogP) is 3.27. The van der Waals surface area contributed by atoms with Crippen molar-refractivity contribution in [1.82, 2.24) is 14.5 Å². The van der Waals surface area contributed by atoms with E-state index >= 15 is 0 Å². The molecule has 134 valence electrons. The molecule has 2 heterocycles. The number of hydrogen-bond donors (Lipinski definition) is 1. The SMILES string of the molecule is CN(C)C(=O)Nc1cc(Oc2ccc([N+](=O)[O-])cc2F)c2ccnn2c1. The van der Waals surface area contributed by atoms with Crippen molar-refractivity contribution >= 4 is 22.9 Å². The van der Waals surface area contributed by atoms with Gasteiger partial charge in [-0.25, -0.2) is 13.7 Å². The Balaban J connectivity index is 1.97. The Morgan fingerprint density at radius 2 is 2.08 bits per heavy atom. The maximum atomic E-state index is 14.1. The van der Waals surface area contributed by atoms with Gasteiger partial charge in [0, 0.05) is 26.2 Å². The molecule has 0 spiro atoms. The molecule has 0 saturated heterocycles. The number of nitro benzene ring substituents is 1. The number of non-ortho nitro benzene ring substituents is 1. The quantitative estimate of drug-likeness (QED) is 0.569. The van der Waals surface area contributed by atoms with Crippen molar-refractivity contribution in [2.75, 3.05) is 19.4 Å². The molecule has 26 heavy (non-hydrogen) atoms. The summed E-state index contributed by atoms with van der Waals surface area (Å²) in [6.07, 6.45) is 3.10. The lowest BCUT2D eigenvalue weighted by molar-refractivity contribution is -0.385. The molecule has 0 radical (unpaired) electrons. The monoisotopic (exact) mass is 359 g/mol. The van der Waals surface area contributed by atoms with Crippen molar-refractivity contribution in [2.24, 2.45) is 0 Å². The minimum Gasteiger partial charge on any atom is -0.452 e. The van der Waals surface area contributed by atoms with Gasteiger partial charge < -0.3 is 15.0 Å². The number of halogens is 1. The second-order valence-corrected chi connectivity index (χ2v) is 5.55. The number of nitrogens with one attached hydrogen (secondary N) is 1. The molecule has 0 aliphatic carbocycles. The summed E-state index contributed by atoms with van der Waals surface area (Å²) < 4.78 is 21.1. The molecule has 3 rings (SSSR count). The minimum atomic E-state index is -0.875. The molecule has 0 aliphatic heterocycles. The Bertz CT molecular complexity index is 1000. The van der Waals surface area contributed by atoms with Crippen LogP contribution in [-0.4, -0.2) is 39.6 Å². The van der Waals surface area contributed by atoms with Crippen LogP contribution >= 0.6 is 0 Å². The zero-order valence-electron chi connectivity index (χ0n) is 13.8. The molecule has 9 nitrogen and oxygen atoms in total. The third-order valence-electron chi connectivity index (χ3n) is 3.47. The van der Waals surface area contributed by atoms with Crippen LogP contribution in [0.4, 0.5) is 20.6 Å². The summed E-state index contributed by atoms with van der Waals surface area (Å²) >= 11 is 0. The van der Waals surface area contributed by atoms with Gasteiger partial charge in [-0.1, -0.05) is 0 Å². The van der Waals surface area contributed by atoms with Gasteiger partial charge >= 0.3 is 6.03 Å². The van der Waals surface area contributed by atoms with E-state index in [2.05, 4.69) is 10.4 Å². The number of benzene rings is 1. The standard InChI is InChI=1S/C16H14FN5O4/c1-20(2)16(23)19-10-7-15(13-5-6-18-21(13)9-10)26-14-4-3-11(22(24)25)8-12(14)17/h3-9H,1-2H3,(H,19,23). The van der Waals surface area contributed by atoms with Crippen molar-refractivity contribution < 1.29 is 18.8 Å². The Hall–Kier alpha value is -3.69. The molecule has 0 atom stereocenters. The summed E-state index contributed by atoms with van der Waals surface area (Å²) in [7, 11) is 3.18. The van der Waals surface area contributed by atoms with E-state index in [1.54, 1.807) is 26.4 Å². The molecule has 0 unspecified atom stereocenters. The van der Waals surface area contributed by atoms with Crippen molar-refractivity contribution in [3.63, 3.8) is 0 Å². The fourth-order valence-corrected chi connectivity index (χ4v) is 2.19. The van der Waals surface area contributed by atoms with Gasteiger partial charge in [-0.15, -0.1) is 0 Å². The van der Waals surface area contributed by atoms with Gasteiger partial charge in [0.25, 0.3) is 5.69 Å². The largest absolute Gasteiger partial charge is 0.452 e. The summed E-state index contributed by atoms with van der Waals surface area (Å²) in [5.74, 6) is -0.832. The lowest BCUT2D eigenvalue weighted by atomic mass is 10.3. The maximum absolute atomic E-state index is 14.1. The Kier molecular flexibility index (Phi) is 4.40. The Morgan fingerprint density at radius 1 is 1.31 bits per heavy atom. The Labute approximate surface area is 146 Å². The van der Waals surface area contributed by atoms with Crippen LogP contribution in [0.25, 0.3) is 5.52 Å². The van der Waals surface area contributed by atoms with Crippen molar-refractivity contribution in [3.8, 4) is 11.5 Å². The number of carbonyl (C=O) groups excluding carboxylic acids is 1. The number of rotatable bonds is 4. The summed E-state index contributed by atoms with van der Waals surface area (Å²) in [6, 6.07) is 5.90. The lowest BCUT2D eigenvalue weighted by Crippen LogP contribution is -2.27. The first-order chi connectivity index (χ1) is 12.3. The van der Waals surface area contributed by atoms with E-state index in [4.69, 9.17) is 4.74 Å². The molecule has 0 bridgehead atoms. The number of anilines is 1. The van der Waals surface area contributed by atoms with Gasteiger partial charge in [0.2, 0.25) is 0 Å². The summed E-state index contributed by atoms with van der Waals surface area (Å²) in [6.45, 7) is 0. The molecule has 1 N–H and O–H groups in total. The fraction of sp³-hybridized carbons (Fsp3) is 0.125. The summed E-state index contributed by atoms with van der Waals surface area (Å²) in [5.41, 5.74) is 0.541. The second kappa shape index (κ2) is 6.67. The molecular weight excluding hydrogens is 345 g/mol. The minimum absolute atomic E-state index is 0.185. The van der Waals surface area contributed by atoms with E-state index in [0.29, 0.717) is 11.2 Å². The van der Waals surface area contributed by atoms with Crippen LogP contribution in [0.1, 0.15) is 0 Å². The van der Waals surface area contributed by atoms with E-state index < -0.39 is 10.7 Å². The Morgan fingerprint density at radius 3 is 2.73 bits per heavy atom. The zero-order valence-corrected chi connectivity index (χ0v) is 13.8. The molecule has 0 aliphatic rings.